The lowest BCUT2D eigenvalue weighted by Gasteiger charge is -2.31. The van der Waals surface area contributed by atoms with E-state index in [1.807, 2.05) is 12.1 Å². The third-order valence-corrected chi connectivity index (χ3v) is 4.20. The lowest BCUT2D eigenvalue weighted by atomic mass is 10.1. The number of aromatic nitrogens is 2. The summed E-state index contributed by atoms with van der Waals surface area (Å²) in [4.78, 5) is 10.6. The number of rotatable bonds is 2. The summed E-state index contributed by atoms with van der Waals surface area (Å²) in [5.41, 5.74) is 2.80. The van der Waals surface area contributed by atoms with E-state index >= 15 is 0 Å². The number of hydrogen-bond acceptors (Lipinski definition) is 6. The summed E-state index contributed by atoms with van der Waals surface area (Å²) in [6.45, 7) is 3.14. The predicted molar refractivity (Wildman–Crippen MR) is 79.6 cm³/mol. The van der Waals surface area contributed by atoms with Gasteiger partial charge >= 0.3 is 0 Å². The fraction of sp³-hybridized carbons (Fsp3) is 0.467. The molecule has 3 rings (SSSR count). The zero-order chi connectivity index (χ0) is 15.5. The Balaban J connectivity index is 2.05. The highest BCUT2D eigenvalue weighted by atomic mass is 35.5. The minimum absolute atomic E-state index is 0.0252. The first-order chi connectivity index (χ1) is 10.7. The molecule has 0 radical (unpaired) electrons. The van der Waals surface area contributed by atoms with Crippen molar-refractivity contribution in [1.82, 2.24) is 14.9 Å². The summed E-state index contributed by atoms with van der Waals surface area (Å²) in [7, 11) is 0. The van der Waals surface area contributed by atoms with Gasteiger partial charge in [-0.1, -0.05) is 11.6 Å². The van der Waals surface area contributed by atoms with Gasteiger partial charge in [0.1, 0.15) is 17.8 Å². The molecule has 1 aromatic rings. The second kappa shape index (κ2) is 6.31. The fourth-order valence-electron chi connectivity index (χ4n) is 2.93. The van der Waals surface area contributed by atoms with E-state index in [0.717, 1.165) is 37.9 Å². The molecule has 112 valence electrons. The summed E-state index contributed by atoms with van der Waals surface area (Å²) >= 11 is 6.21. The molecule has 0 saturated carbocycles. The molecular formula is C15H14ClN5O. The average Bonchev–Trinajstić information content (AvgIpc) is 3.04. The van der Waals surface area contributed by atoms with Crippen LogP contribution < -0.4 is 0 Å². The SMILES string of the molecule is N#Cc1nc(Cl)c(C2=C(N3CCOCC3)CCC2)nc1C#N. The van der Waals surface area contributed by atoms with Gasteiger partial charge in [0.2, 0.25) is 0 Å². The van der Waals surface area contributed by atoms with Gasteiger partial charge in [-0.05, 0) is 19.3 Å². The van der Waals surface area contributed by atoms with Crippen LogP contribution in [0.25, 0.3) is 5.57 Å². The predicted octanol–water partition coefficient (Wildman–Crippen LogP) is 2.10. The Labute approximate surface area is 133 Å². The number of nitriles is 2. The molecule has 1 aliphatic heterocycles. The second-order valence-electron chi connectivity index (χ2n) is 5.16. The smallest absolute Gasteiger partial charge is 0.178 e. The molecular weight excluding hydrogens is 302 g/mol. The first kappa shape index (κ1) is 14.8. The van der Waals surface area contributed by atoms with E-state index < -0.39 is 0 Å². The third kappa shape index (κ3) is 2.64. The Hall–Kier alpha value is -2.15. The summed E-state index contributed by atoms with van der Waals surface area (Å²) < 4.78 is 5.39. The molecule has 6 nitrogen and oxygen atoms in total. The Morgan fingerprint density at radius 2 is 1.73 bits per heavy atom. The van der Waals surface area contributed by atoms with Crippen molar-refractivity contribution >= 4 is 17.2 Å². The maximum absolute atomic E-state index is 9.13. The maximum Gasteiger partial charge on any atom is 0.178 e. The maximum atomic E-state index is 9.13. The standard InChI is InChI=1S/C15H14ClN5O/c16-15-14(19-11(8-17)12(9-18)20-15)10-2-1-3-13(10)21-4-6-22-7-5-21/h1-7H2. The number of allylic oxidation sites excluding steroid dienone is 2. The Morgan fingerprint density at radius 3 is 2.41 bits per heavy atom. The van der Waals surface area contributed by atoms with Gasteiger partial charge in [0.25, 0.3) is 0 Å². The number of morpholine rings is 1. The van der Waals surface area contributed by atoms with E-state index in [2.05, 4.69) is 14.9 Å². The van der Waals surface area contributed by atoms with Crippen molar-refractivity contribution < 1.29 is 4.74 Å². The zero-order valence-electron chi connectivity index (χ0n) is 12.0. The highest BCUT2D eigenvalue weighted by Crippen LogP contribution is 2.37. The van der Waals surface area contributed by atoms with Gasteiger partial charge in [0.05, 0.1) is 13.2 Å². The Morgan fingerprint density at radius 1 is 1.05 bits per heavy atom. The summed E-state index contributed by atoms with van der Waals surface area (Å²) in [6.07, 6.45) is 2.86. The zero-order valence-corrected chi connectivity index (χ0v) is 12.7. The van der Waals surface area contributed by atoms with Gasteiger partial charge in [-0.3, -0.25) is 0 Å². The molecule has 0 N–H and O–H groups in total. The van der Waals surface area contributed by atoms with Crippen molar-refractivity contribution in [3.05, 3.63) is 27.9 Å². The van der Waals surface area contributed by atoms with E-state index in [4.69, 9.17) is 26.9 Å². The lowest BCUT2D eigenvalue weighted by molar-refractivity contribution is 0.0529. The summed E-state index contributed by atoms with van der Waals surface area (Å²) in [6, 6.07) is 3.78. The molecule has 2 aliphatic rings. The van der Waals surface area contributed by atoms with Crippen molar-refractivity contribution in [3.63, 3.8) is 0 Å². The molecule has 0 unspecified atom stereocenters. The van der Waals surface area contributed by atoms with Crippen molar-refractivity contribution in [2.45, 2.75) is 19.3 Å². The minimum atomic E-state index is -0.0252. The molecule has 22 heavy (non-hydrogen) atoms. The highest BCUT2D eigenvalue weighted by Gasteiger charge is 2.26. The van der Waals surface area contributed by atoms with E-state index in [1.165, 1.54) is 5.70 Å². The topological polar surface area (TPSA) is 85.8 Å². The van der Waals surface area contributed by atoms with Crippen LogP contribution in [0, 0.1) is 22.7 Å². The quantitative estimate of drug-likeness (QED) is 0.830. The molecule has 0 spiro atoms. The second-order valence-corrected chi connectivity index (χ2v) is 5.52. The molecule has 0 amide bonds. The van der Waals surface area contributed by atoms with Crippen molar-refractivity contribution in [2.24, 2.45) is 0 Å². The number of hydrogen-bond donors (Lipinski definition) is 0. The van der Waals surface area contributed by atoms with Crippen molar-refractivity contribution in [2.75, 3.05) is 26.3 Å². The third-order valence-electron chi connectivity index (χ3n) is 3.93. The fourth-order valence-corrected chi connectivity index (χ4v) is 3.17. The number of ether oxygens (including phenoxy) is 1. The molecule has 0 bridgehead atoms. The molecule has 2 heterocycles. The highest BCUT2D eigenvalue weighted by molar-refractivity contribution is 6.31. The molecule has 7 heteroatoms. The first-order valence-corrected chi connectivity index (χ1v) is 7.55. The van der Waals surface area contributed by atoms with Crippen molar-refractivity contribution in [1.29, 1.82) is 10.5 Å². The molecule has 0 aromatic carbocycles. The van der Waals surface area contributed by atoms with Gasteiger partial charge in [-0.2, -0.15) is 10.5 Å². The van der Waals surface area contributed by atoms with E-state index in [-0.39, 0.29) is 16.5 Å². The monoisotopic (exact) mass is 315 g/mol. The minimum Gasteiger partial charge on any atom is -0.378 e. The number of halogens is 1. The lowest BCUT2D eigenvalue weighted by Crippen LogP contribution is -2.35. The Bertz CT molecular complexity index is 710. The van der Waals surface area contributed by atoms with Crippen LogP contribution in [0.2, 0.25) is 5.15 Å². The van der Waals surface area contributed by atoms with Crippen LogP contribution in [0.15, 0.2) is 5.70 Å². The molecule has 1 aliphatic carbocycles. The van der Waals surface area contributed by atoms with Crippen molar-refractivity contribution in [3.8, 4) is 12.1 Å². The molecule has 1 fully saturated rings. The molecule has 1 aromatic heterocycles. The summed E-state index contributed by atoms with van der Waals surface area (Å²) in [5.74, 6) is 0. The molecule has 0 atom stereocenters. The molecule has 1 saturated heterocycles. The van der Waals surface area contributed by atoms with Crippen LogP contribution in [0.4, 0.5) is 0 Å². The van der Waals surface area contributed by atoms with Crippen LogP contribution in [0.1, 0.15) is 36.3 Å². The van der Waals surface area contributed by atoms with Crippen LogP contribution in [0.3, 0.4) is 0 Å². The van der Waals surface area contributed by atoms with Crippen LogP contribution in [-0.4, -0.2) is 41.2 Å². The van der Waals surface area contributed by atoms with E-state index in [9.17, 15) is 0 Å². The summed E-state index contributed by atoms with van der Waals surface area (Å²) in [5, 5.41) is 18.3. The first-order valence-electron chi connectivity index (χ1n) is 7.17. The van der Waals surface area contributed by atoms with E-state index in [0.29, 0.717) is 18.9 Å². The van der Waals surface area contributed by atoms with Gasteiger partial charge in [-0.15, -0.1) is 0 Å². The largest absolute Gasteiger partial charge is 0.378 e. The van der Waals surface area contributed by atoms with Crippen LogP contribution >= 0.6 is 11.6 Å². The van der Waals surface area contributed by atoms with Gasteiger partial charge in [-0.25, -0.2) is 9.97 Å². The average molecular weight is 316 g/mol. The van der Waals surface area contributed by atoms with Crippen LogP contribution in [0.5, 0.6) is 0 Å². The van der Waals surface area contributed by atoms with Gasteiger partial charge in [0, 0.05) is 24.4 Å². The van der Waals surface area contributed by atoms with Gasteiger partial charge in [0.15, 0.2) is 16.5 Å². The number of nitrogens with zero attached hydrogens (tertiary/aromatic N) is 5. The Kier molecular flexibility index (Phi) is 4.24. The normalized spacial score (nSPS) is 18.2. The van der Waals surface area contributed by atoms with Gasteiger partial charge < -0.3 is 9.64 Å². The van der Waals surface area contributed by atoms with E-state index in [1.54, 1.807) is 0 Å². The van der Waals surface area contributed by atoms with Crippen LogP contribution in [-0.2, 0) is 4.74 Å².